The van der Waals surface area contributed by atoms with Crippen molar-refractivity contribution < 1.29 is 18.4 Å². The van der Waals surface area contributed by atoms with Gasteiger partial charge in [-0.25, -0.2) is 13.4 Å². The lowest BCUT2D eigenvalue weighted by molar-refractivity contribution is -0.384. The van der Waals surface area contributed by atoms with Crippen molar-refractivity contribution in [3.63, 3.8) is 0 Å². The fourth-order valence-corrected chi connectivity index (χ4v) is 5.07. The molecule has 0 unspecified atom stereocenters. The van der Waals surface area contributed by atoms with E-state index in [0.29, 0.717) is 0 Å². The number of imidazole rings is 1. The molecule has 1 N–H and O–H groups in total. The van der Waals surface area contributed by atoms with E-state index in [0.717, 1.165) is 20.9 Å². The SMILES string of the molecule is Cc1ccc(S(=O)(=O)N(C[C@H](O)Cn2cnc3ccccc32)c2cccc([N+](=O)[O-])c2)cc1. The molecule has 0 radical (unpaired) electrons. The summed E-state index contributed by atoms with van der Waals surface area (Å²) in [5.74, 6) is 0. The third-order valence-corrected chi connectivity index (χ3v) is 7.06. The van der Waals surface area contributed by atoms with Crippen LogP contribution in [0.4, 0.5) is 11.4 Å². The normalized spacial score (nSPS) is 12.5. The van der Waals surface area contributed by atoms with Crippen molar-refractivity contribution in [3.8, 4) is 0 Å². The van der Waals surface area contributed by atoms with E-state index in [-0.39, 0.29) is 29.4 Å². The van der Waals surface area contributed by atoms with Crippen LogP contribution < -0.4 is 4.31 Å². The Bertz CT molecular complexity index is 1400. The monoisotopic (exact) mass is 466 g/mol. The Labute approximate surface area is 190 Å². The van der Waals surface area contributed by atoms with Gasteiger partial charge in [-0.1, -0.05) is 35.9 Å². The van der Waals surface area contributed by atoms with Crippen LogP contribution >= 0.6 is 0 Å². The van der Waals surface area contributed by atoms with Crippen LogP contribution in [0.15, 0.2) is 84.0 Å². The quantitative estimate of drug-likeness (QED) is 0.314. The number of rotatable bonds is 8. The summed E-state index contributed by atoms with van der Waals surface area (Å²) in [7, 11) is -4.10. The Morgan fingerprint density at radius 1 is 1.09 bits per heavy atom. The zero-order chi connectivity index (χ0) is 23.6. The van der Waals surface area contributed by atoms with Gasteiger partial charge in [0.15, 0.2) is 0 Å². The fourth-order valence-electron chi connectivity index (χ4n) is 3.57. The number of hydrogen-bond donors (Lipinski definition) is 1. The van der Waals surface area contributed by atoms with Crippen LogP contribution in [-0.2, 0) is 16.6 Å². The second-order valence-electron chi connectivity index (χ2n) is 7.67. The Morgan fingerprint density at radius 2 is 1.82 bits per heavy atom. The van der Waals surface area contributed by atoms with Crippen LogP contribution in [0.1, 0.15) is 5.56 Å². The molecule has 3 aromatic carbocycles. The summed E-state index contributed by atoms with van der Waals surface area (Å²) in [6, 6.07) is 19.1. The van der Waals surface area contributed by atoms with Crippen LogP contribution in [0.25, 0.3) is 11.0 Å². The Balaban J connectivity index is 1.70. The van der Waals surface area contributed by atoms with Gasteiger partial charge in [0.05, 0.1) is 52.1 Å². The van der Waals surface area contributed by atoms with Gasteiger partial charge in [-0.05, 0) is 37.3 Å². The summed E-state index contributed by atoms with van der Waals surface area (Å²) in [6.07, 6.45) is 0.474. The molecule has 0 aliphatic heterocycles. The largest absolute Gasteiger partial charge is 0.389 e. The zero-order valence-corrected chi connectivity index (χ0v) is 18.6. The third-order valence-electron chi connectivity index (χ3n) is 5.25. The molecule has 4 aromatic rings. The summed E-state index contributed by atoms with van der Waals surface area (Å²) in [5, 5.41) is 22.1. The Hall–Kier alpha value is -3.76. The Kier molecular flexibility index (Phi) is 6.12. The summed E-state index contributed by atoms with van der Waals surface area (Å²) < 4.78 is 29.8. The molecule has 0 fully saturated rings. The van der Waals surface area contributed by atoms with Gasteiger partial charge in [-0.3, -0.25) is 14.4 Å². The number of aliphatic hydroxyl groups excluding tert-OH is 1. The lowest BCUT2D eigenvalue weighted by Crippen LogP contribution is -2.39. The minimum absolute atomic E-state index is 0.0277. The zero-order valence-electron chi connectivity index (χ0n) is 17.8. The van der Waals surface area contributed by atoms with Gasteiger partial charge in [0.1, 0.15) is 0 Å². The second kappa shape index (κ2) is 9.00. The first-order valence-corrected chi connectivity index (χ1v) is 11.6. The molecule has 1 aromatic heterocycles. The number of nitrogens with zero attached hydrogens (tertiary/aromatic N) is 4. The molecule has 0 bridgehead atoms. The third kappa shape index (κ3) is 4.71. The van der Waals surface area contributed by atoms with Crippen molar-refractivity contribution in [1.29, 1.82) is 0 Å². The molecule has 0 amide bonds. The number of para-hydroxylation sites is 2. The van der Waals surface area contributed by atoms with Crippen molar-refractivity contribution in [2.75, 3.05) is 10.8 Å². The fraction of sp³-hybridized carbons (Fsp3) is 0.174. The van der Waals surface area contributed by atoms with Gasteiger partial charge in [-0.15, -0.1) is 0 Å². The first-order chi connectivity index (χ1) is 15.8. The topological polar surface area (TPSA) is 119 Å². The number of nitro benzene ring substituents is 1. The number of aliphatic hydroxyl groups is 1. The summed E-state index contributed by atoms with van der Waals surface area (Å²) in [6.45, 7) is 1.63. The molecule has 0 spiro atoms. The molecule has 10 heteroatoms. The minimum Gasteiger partial charge on any atom is -0.389 e. The van der Waals surface area contributed by atoms with E-state index in [1.807, 2.05) is 31.2 Å². The molecule has 0 saturated carbocycles. The number of aryl methyl sites for hydroxylation is 1. The van der Waals surface area contributed by atoms with E-state index in [1.54, 1.807) is 23.0 Å². The molecule has 1 heterocycles. The summed E-state index contributed by atoms with van der Waals surface area (Å²) in [4.78, 5) is 15.0. The van der Waals surface area contributed by atoms with Gasteiger partial charge in [-0.2, -0.15) is 0 Å². The molecular weight excluding hydrogens is 444 g/mol. The van der Waals surface area contributed by atoms with Gasteiger partial charge in [0.2, 0.25) is 0 Å². The van der Waals surface area contributed by atoms with Crippen molar-refractivity contribution in [2.24, 2.45) is 0 Å². The van der Waals surface area contributed by atoms with E-state index < -0.39 is 21.1 Å². The van der Waals surface area contributed by atoms with Crippen LogP contribution in [0.3, 0.4) is 0 Å². The number of nitro groups is 1. The standard InChI is InChI=1S/C23H22N4O5S/c1-17-9-11-21(12-10-17)33(31,32)26(18-5-4-6-19(13-18)27(29)30)15-20(28)14-25-16-24-22-7-2-3-8-23(22)25/h2-13,16,20,28H,14-15H2,1H3/t20-/m1/s1. The van der Waals surface area contributed by atoms with Crippen LogP contribution in [0.5, 0.6) is 0 Å². The van der Waals surface area contributed by atoms with Crippen LogP contribution in [0.2, 0.25) is 0 Å². The number of hydrogen-bond acceptors (Lipinski definition) is 6. The van der Waals surface area contributed by atoms with Gasteiger partial charge in [0, 0.05) is 12.1 Å². The number of aromatic nitrogens is 2. The highest BCUT2D eigenvalue weighted by Crippen LogP contribution is 2.28. The number of benzene rings is 3. The minimum atomic E-state index is -4.10. The van der Waals surface area contributed by atoms with E-state index in [1.165, 1.54) is 36.4 Å². The average molecular weight is 467 g/mol. The van der Waals surface area contributed by atoms with Crippen molar-refractivity contribution in [1.82, 2.24) is 9.55 Å². The van der Waals surface area contributed by atoms with Crippen molar-refractivity contribution >= 4 is 32.4 Å². The number of fused-ring (bicyclic) bond motifs is 1. The van der Waals surface area contributed by atoms with Gasteiger partial charge < -0.3 is 9.67 Å². The Morgan fingerprint density at radius 3 is 2.55 bits per heavy atom. The van der Waals surface area contributed by atoms with Crippen LogP contribution in [-0.4, -0.2) is 40.6 Å². The van der Waals surface area contributed by atoms with Crippen LogP contribution in [0, 0.1) is 17.0 Å². The molecule has 4 rings (SSSR count). The summed E-state index contributed by atoms with van der Waals surface area (Å²) >= 11 is 0. The highest BCUT2D eigenvalue weighted by molar-refractivity contribution is 7.92. The molecule has 9 nitrogen and oxygen atoms in total. The smallest absolute Gasteiger partial charge is 0.271 e. The highest BCUT2D eigenvalue weighted by atomic mass is 32.2. The molecule has 0 aliphatic carbocycles. The van der Waals surface area contributed by atoms with E-state index in [9.17, 15) is 23.6 Å². The maximum Gasteiger partial charge on any atom is 0.271 e. The van der Waals surface area contributed by atoms with Crippen molar-refractivity contribution in [2.45, 2.75) is 24.5 Å². The molecular formula is C23H22N4O5S. The second-order valence-corrected chi connectivity index (χ2v) is 9.53. The number of non-ortho nitro benzene ring substituents is 1. The van der Waals surface area contributed by atoms with E-state index in [4.69, 9.17) is 0 Å². The van der Waals surface area contributed by atoms with Gasteiger partial charge >= 0.3 is 0 Å². The molecule has 1 atom stereocenters. The predicted octanol–water partition coefficient (Wildman–Crippen LogP) is 3.51. The molecule has 33 heavy (non-hydrogen) atoms. The van der Waals surface area contributed by atoms with E-state index in [2.05, 4.69) is 4.98 Å². The maximum atomic E-state index is 13.5. The van der Waals surface area contributed by atoms with Crippen molar-refractivity contribution in [3.05, 3.63) is 94.8 Å². The number of sulfonamides is 1. The molecule has 0 saturated heterocycles. The lowest BCUT2D eigenvalue weighted by Gasteiger charge is -2.27. The number of anilines is 1. The first-order valence-electron chi connectivity index (χ1n) is 10.2. The molecule has 170 valence electrons. The maximum absolute atomic E-state index is 13.5. The predicted molar refractivity (Wildman–Crippen MR) is 125 cm³/mol. The highest BCUT2D eigenvalue weighted by Gasteiger charge is 2.28. The average Bonchev–Trinajstić information content (AvgIpc) is 3.20. The summed E-state index contributed by atoms with van der Waals surface area (Å²) in [5.41, 5.74) is 2.31. The van der Waals surface area contributed by atoms with Gasteiger partial charge in [0.25, 0.3) is 15.7 Å². The lowest BCUT2D eigenvalue weighted by atomic mass is 10.2. The first kappa shape index (κ1) is 22.4. The van der Waals surface area contributed by atoms with E-state index >= 15 is 0 Å². The molecule has 0 aliphatic rings.